The number of nitro benzene ring substituents is 1. The Morgan fingerprint density at radius 2 is 1.53 bits per heavy atom. The Morgan fingerprint density at radius 3 is 2.25 bits per heavy atom. The molecule has 7 nitrogen and oxygen atoms in total. The smallest absolute Gasteiger partial charge is 0.274 e. The number of benzene rings is 3. The fourth-order valence-electron chi connectivity index (χ4n) is 4.24. The van der Waals surface area contributed by atoms with Gasteiger partial charge in [-0.25, -0.2) is 0 Å². The largest absolute Gasteiger partial charge is 0.506 e. The number of hydrogen-bond acceptors (Lipinski definition) is 6. The summed E-state index contributed by atoms with van der Waals surface area (Å²) in [5, 5.41) is 31.0. The Kier molecular flexibility index (Phi) is 4.71. The third-order valence-corrected chi connectivity index (χ3v) is 5.75. The van der Waals surface area contributed by atoms with E-state index in [0.717, 1.165) is 5.56 Å². The summed E-state index contributed by atoms with van der Waals surface area (Å²) in [4.78, 5) is 24.2. The average Bonchev–Trinajstić information content (AvgIpc) is 3.09. The number of fused-ring (bicyclic) bond motifs is 1. The summed E-state index contributed by atoms with van der Waals surface area (Å²) in [5.74, 6) is -0.868. The SMILES string of the molecule is O=C1C(C2=C[C@H](c3ccccc3)[C@H](c3ccccc3[N+](=O)[O-])N=N2)=C(O)c2ccccc21. The highest BCUT2D eigenvalue weighted by atomic mass is 16.6. The lowest BCUT2D eigenvalue weighted by Gasteiger charge is -2.25. The van der Waals surface area contributed by atoms with Gasteiger partial charge in [0.25, 0.3) is 5.69 Å². The number of carbonyl (C=O) groups is 1. The van der Waals surface area contributed by atoms with Crippen molar-refractivity contribution in [3.8, 4) is 0 Å². The van der Waals surface area contributed by atoms with Crippen LogP contribution in [0, 0.1) is 10.1 Å². The third kappa shape index (κ3) is 3.11. The average molecular weight is 423 g/mol. The Balaban J connectivity index is 1.64. The molecule has 2 atom stereocenters. The predicted octanol–water partition coefficient (Wildman–Crippen LogP) is 5.94. The topological polar surface area (TPSA) is 105 Å². The highest BCUT2D eigenvalue weighted by molar-refractivity contribution is 6.22. The first-order valence-electron chi connectivity index (χ1n) is 10.0. The molecule has 1 aliphatic heterocycles. The van der Waals surface area contributed by atoms with Gasteiger partial charge in [0.2, 0.25) is 0 Å². The van der Waals surface area contributed by atoms with E-state index in [1.54, 1.807) is 48.5 Å². The maximum absolute atomic E-state index is 13.0. The van der Waals surface area contributed by atoms with E-state index >= 15 is 0 Å². The maximum atomic E-state index is 13.0. The van der Waals surface area contributed by atoms with Gasteiger partial charge in [0.15, 0.2) is 5.78 Å². The van der Waals surface area contributed by atoms with Gasteiger partial charge in [0, 0.05) is 23.1 Å². The zero-order chi connectivity index (χ0) is 22.2. The molecule has 1 heterocycles. The lowest BCUT2D eigenvalue weighted by Crippen LogP contribution is -2.14. The summed E-state index contributed by atoms with van der Waals surface area (Å²) in [6.07, 6.45) is 1.76. The molecule has 0 bridgehead atoms. The molecule has 5 rings (SSSR count). The molecule has 0 fully saturated rings. The van der Waals surface area contributed by atoms with Crippen LogP contribution >= 0.6 is 0 Å². The van der Waals surface area contributed by atoms with E-state index in [1.807, 2.05) is 30.3 Å². The summed E-state index contributed by atoms with van der Waals surface area (Å²) in [6.45, 7) is 0. The molecule has 156 valence electrons. The number of ketones is 1. The van der Waals surface area contributed by atoms with Gasteiger partial charge in [0.05, 0.1) is 21.8 Å². The van der Waals surface area contributed by atoms with Crippen LogP contribution in [0.2, 0.25) is 0 Å². The van der Waals surface area contributed by atoms with Gasteiger partial charge in [-0.05, 0) is 17.7 Å². The number of Topliss-reactive ketones (excluding diaryl/α,β-unsaturated/α-hetero) is 1. The van der Waals surface area contributed by atoms with Crippen LogP contribution in [0.25, 0.3) is 5.76 Å². The van der Waals surface area contributed by atoms with Gasteiger partial charge >= 0.3 is 0 Å². The maximum Gasteiger partial charge on any atom is 0.274 e. The fourth-order valence-corrected chi connectivity index (χ4v) is 4.24. The second kappa shape index (κ2) is 7.70. The number of aliphatic hydroxyl groups is 1. The van der Waals surface area contributed by atoms with Gasteiger partial charge < -0.3 is 5.11 Å². The van der Waals surface area contributed by atoms with Crippen LogP contribution in [0.4, 0.5) is 5.69 Å². The second-order valence-corrected chi connectivity index (χ2v) is 7.56. The van der Waals surface area contributed by atoms with E-state index in [0.29, 0.717) is 16.7 Å². The molecular formula is C25H17N3O4. The van der Waals surface area contributed by atoms with Crippen LogP contribution in [0.5, 0.6) is 0 Å². The number of azo groups is 1. The van der Waals surface area contributed by atoms with Crippen molar-refractivity contribution in [2.75, 3.05) is 0 Å². The minimum Gasteiger partial charge on any atom is -0.506 e. The molecule has 0 radical (unpaired) electrons. The first-order valence-corrected chi connectivity index (χ1v) is 10.0. The van der Waals surface area contributed by atoms with Crippen LogP contribution in [-0.2, 0) is 0 Å². The second-order valence-electron chi connectivity index (χ2n) is 7.56. The van der Waals surface area contributed by atoms with Crippen LogP contribution < -0.4 is 0 Å². The van der Waals surface area contributed by atoms with Crippen molar-refractivity contribution in [3.63, 3.8) is 0 Å². The summed E-state index contributed by atoms with van der Waals surface area (Å²) >= 11 is 0. The monoisotopic (exact) mass is 423 g/mol. The molecule has 2 aliphatic rings. The van der Waals surface area contributed by atoms with Crippen LogP contribution in [0.1, 0.15) is 39.0 Å². The molecule has 0 aromatic heterocycles. The summed E-state index contributed by atoms with van der Waals surface area (Å²) in [6, 6.07) is 22.1. The number of nitrogens with zero attached hydrogens (tertiary/aromatic N) is 3. The van der Waals surface area contributed by atoms with Crippen LogP contribution in [-0.4, -0.2) is 15.8 Å². The molecular weight excluding hydrogens is 406 g/mol. The van der Waals surface area contributed by atoms with E-state index in [2.05, 4.69) is 10.2 Å². The van der Waals surface area contributed by atoms with Crippen molar-refractivity contribution in [1.29, 1.82) is 0 Å². The van der Waals surface area contributed by atoms with Crippen LogP contribution in [0.15, 0.2) is 106 Å². The molecule has 0 saturated heterocycles. The van der Waals surface area contributed by atoms with Crippen molar-refractivity contribution in [2.45, 2.75) is 12.0 Å². The molecule has 0 spiro atoms. The van der Waals surface area contributed by atoms with E-state index in [4.69, 9.17) is 0 Å². The van der Waals surface area contributed by atoms with Crippen LogP contribution in [0.3, 0.4) is 0 Å². The molecule has 0 saturated carbocycles. The van der Waals surface area contributed by atoms with Gasteiger partial charge in [-0.2, -0.15) is 10.2 Å². The minimum absolute atomic E-state index is 0.0411. The summed E-state index contributed by atoms with van der Waals surface area (Å²) in [7, 11) is 0. The first kappa shape index (κ1) is 19.6. The Hall–Kier alpha value is -4.39. The number of nitro groups is 1. The highest BCUT2D eigenvalue weighted by Gasteiger charge is 2.37. The molecule has 3 aromatic rings. The molecule has 3 aromatic carbocycles. The summed E-state index contributed by atoms with van der Waals surface area (Å²) in [5.41, 5.74) is 2.48. The van der Waals surface area contributed by atoms with Gasteiger partial charge in [-0.15, -0.1) is 0 Å². The highest BCUT2D eigenvalue weighted by Crippen LogP contribution is 2.45. The Labute approximate surface area is 183 Å². The van der Waals surface area contributed by atoms with E-state index in [9.17, 15) is 20.0 Å². The molecule has 32 heavy (non-hydrogen) atoms. The number of para-hydroxylation sites is 1. The van der Waals surface area contributed by atoms with Crippen molar-refractivity contribution in [3.05, 3.63) is 129 Å². The van der Waals surface area contributed by atoms with Gasteiger partial charge in [-0.3, -0.25) is 14.9 Å². The normalized spacial score (nSPS) is 19.6. The molecule has 0 unspecified atom stereocenters. The molecule has 1 N–H and O–H groups in total. The molecule has 0 amide bonds. The van der Waals surface area contributed by atoms with Gasteiger partial charge in [-0.1, -0.05) is 66.7 Å². The number of hydrogen-bond donors (Lipinski definition) is 1. The van der Waals surface area contributed by atoms with E-state index < -0.39 is 16.9 Å². The Morgan fingerprint density at radius 1 is 0.875 bits per heavy atom. The predicted molar refractivity (Wildman–Crippen MR) is 118 cm³/mol. The third-order valence-electron chi connectivity index (χ3n) is 5.75. The number of rotatable bonds is 4. The number of allylic oxidation sites excluding steroid dienone is 1. The summed E-state index contributed by atoms with van der Waals surface area (Å²) < 4.78 is 0. The lowest BCUT2D eigenvalue weighted by molar-refractivity contribution is -0.385. The van der Waals surface area contributed by atoms with Crippen molar-refractivity contribution in [2.24, 2.45) is 10.2 Å². The van der Waals surface area contributed by atoms with Gasteiger partial charge in [0.1, 0.15) is 11.8 Å². The molecule has 1 aliphatic carbocycles. The van der Waals surface area contributed by atoms with Crippen molar-refractivity contribution >= 4 is 17.2 Å². The van der Waals surface area contributed by atoms with E-state index in [1.165, 1.54) is 6.07 Å². The lowest BCUT2D eigenvalue weighted by atomic mass is 9.84. The first-order chi connectivity index (χ1) is 15.6. The zero-order valence-electron chi connectivity index (χ0n) is 16.8. The van der Waals surface area contributed by atoms with Crippen molar-refractivity contribution < 1.29 is 14.8 Å². The number of carbonyl (C=O) groups excluding carboxylic acids is 1. The standard InChI is InChI=1S/C25H17N3O4/c29-24-16-10-4-5-11-17(16)25(30)22(24)20-14-19(15-8-2-1-3-9-15)23(27-26-20)18-12-6-7-13-21(18)28(31)32/h1-14,19,23,29H/t19-,23+/m1/s1. The van der Waals surface area contributed by atoms with E-state index in [-0.39, 0.29) is 28.5 Å². The molecule has 7 heteroatoms. The Bertz CT molecular complexity index is 1340. The number of aliphatic hydroxyl groups excluding tert-OH is 1. The minimum atomic E-state index is -0.649. The zero-order valence-corrected chi connectivity index (χ0v) is 16.8. The quantitative estimate of drug-likeness (QED) is 0.414. The fraction of sp³-hybridized carbons (Fsp3) is 0.0800. The van der Waals surface area contributed by atoms with Crippen molar-refractivity contribution in [1.82, 2.24) is 0 Å².